The number of hydrogen-bond acceptors (Lipinski definition) is 8. The summed E-state index contributed by atoms with van der Waals surface area (Å²) in [5.74, 6) is -0.848. The Morgan fingerprint density at radius 1 is 0.562 bits per heavy atom. The van der Waals surface area contributed by atoms with Crippen molar-refractivity contribution in [3.8, 4) is 20.9 Å². The molecule has 0 amide bonds. The van der Waals surface area contributed by atoms with Crippen LogP contribution >= 0.6 is 45.3 Å². The van der Waals surface area contributed by atoms with Crippen molar-refractivity contribution in [2.75, 3.05) is 0 Å². The zero-order valence-electron chi connectivity index (χ0n) is 26.9. The second kappa shape index (κ2) is 9.38. The van der Waals surface area contributed by atoms with Crippen molar-refractivity contribution in [3.63, 3.8) is 0 Å². The van der Waals surface area contributed by atoms with E-state index in [9.17, 15) is 0 Å². The van der Waals surface area contributed by atoms with Crippen LogP contribution in [0, 0.1) is 21.6 Å². The molecule has 0 fully saturated rings. The minimum atomic E-state index is -0.424. The number of nitrogens with one attached hydrogen (secondary N) is 4. The van der Waals surface area contributed by atoms with Crippen molar-refractivity contribution in [2.45, 2.75) is 52.4 Å². The van der Waals surface area contributed by atoms with Gasteiger partial charge in [0.2, 0.25) is 0 Å². The van der Waals surface area contributed by atoms with E-state index >= 15 is 8.78 Å². The molecule has 48 heavy (non-hydrogen) atoms. The van der Waals surface area contributed by atoms with Gasteiger partial charge in [-0.1, -0.05) is 27.7 Å². The van der Waals surface area contributed by atoms with E-state index in [0.29, 0.717) is 20.9 Å². The van der Waals surface area contributed by atoms with Crippen molar-refractivity contribution >= 4 is 98.1 Å². The summed E-state index contributed by atoms with van der Waals surface area (Å²) >= 11 is 6.49. The zero-order valence-corrected chi connectivity index (χ0v) is 30.1. The number of halogens is 2. The topological polar surface area (TPSA) is 95.4 Å². The molecule has 0 unspecified atom stereocenters. The first kappa shape index (κ1) is 30.1. The van der Waals surface area contributed by atoms with Crippen molar-refractivity contribution in [3.05, 3.63) is 91.2 Å². The fourth-order valence-corrected chi connectivity index (χ4v) is 13.9. The Bertz CT molecular complexity index is 2440. The van der Waals surface area contributed by atoms with Crippen molar-refractivity contribution in [1.82, 2.24) is 0 Å². The second-order valence-corrected chi connectivity index (χ2v) is 18.2. The molecule has 4 nitrogen and oxygen atoms in total. The molecule has 4 aliphatic rings. The fraction of sp³-hybridized carbons (Fsp3) is 0.211. The van der Waals surface area contributed by atoms with Gasteiger partial charge in [-0.3, -0.25) is 21.6 Å². The molecule has 0 saturated heterocycles. The normalized spacial score (nSPS) is 19.4. The van der Waals surface area contributed by atoms with E-state index in [1.165, 1.54) is 78.0 Å². The third kappa shape index (κ3) is 3.61. The Morgan fingerprint density at radius 2 is 0.938 bits per heavy atom. The summed E-state index contributed by atoms with van der Waals surface area (Å²) in [5, 5.41) is 33.3. The molecule has 10 heteroatoms. The number of benzene rings is 1. The molecule has 1 aromatic carbocycles. The highest BCUT2D eigenvalue weighted by Crippen LogP contribution is 2.63. The molecular formula is C38H28F2N4S4. The minimum Gasteiger partial charge on any atom is -0.299 e. The number of thiophene rings is 4. The van der Waals surface area contributed by atoms with Gasteiger partial charge in [0.1, 0.15) is 11.7 Å². The third-order valence-corrected chi connectivity index (χ3v) is 15.3. The van der Waals surface area contributed by atoms with Crippen LogP contribution in [-0.2, 0) is 10.8 Å². The first-order valence-corrected chi connectivity index (χ1v) is 18.7. The first-order valence-electron chi connectivity index (χ1n) is 15.5. The lowest BCUT2D eigenvalue weighted by molar-refractivity contribution is 0.656. The van der Waals surface area contributed by atoms with Gasteiger partial charge in [-0.15, -0.1) is 45.3 Å². The lowest BCUT2D eigenvalue weighted by atomic mass is 9.79. The maximum absolute atomic E-state index is 15.3. The average Bonchev–Trinajstić information content (AvgIpc) is 3.82. The van der Waals surface area contributed by atoms with Gasteiger partial charge in [0.25, 0.3) is 0 Å². The summed E-state index contributed by atoms with van der Waals surface area (Å²) in [6.45, 7) is 12.3. The van der Waals surface area contributed by atoms with Gasteiger partial charge in [0.15, 0.2) is 0 Å². The summed E-state index contributed by atoms with van der Waals surface area (Å²) in [4.78, 5) is 3.86. The number of fused-ring (bicyclic) bond motifs is 10. The highest BCUT2D eigenvalue weighted by molar-refractivity contribution is 7.31. The molecule has 0 bridgehead atoms. The Balaban J connectivity index is 1.18. The van der Waals surface area contributed by atoms with E-state index in [0.717, 1.165) is 18.8 Å². The molecule has 0 aliphatic heterocycles. The van der Waals surface area contributed by atoms with Gasteiger partial charge in [-0.05, 0) is 94.8 Å². The summed E-state index contributed by atoms with van der Waals surface area (Å²) in [6, 6.07) is 8.73. The Morgan fingerprint density at radius 3 is 1.31 bits per heavy atom. The molecular weight excluding hydrogens is 679 g/mol. The van der Waals surface area contributed by atoms with Crippen LogP contribution in [0.25, 0.3) is 50.8 Å². The molecule has 0 saturated carbocycles. The fourth-order valence-electron chi connectivity index (χ4n) is 7.87. The average molecular weight is 707 g/mol. The van der Waals surface area contributed by atoms with E-state index < -0.39 is 11.7 Å². The third-order valence-electron chi connectivity index (χ3n) is 10.4. The molecule has 4 N–H and O–H groups in total. The lowest BCUT2D eigenvalue weighted by Crippen LogP contribution is -2.17. The van der Waals surface area contributed by atoms with Crippen molar-refractivity contribution < 1.29 is 8.78 Å². The Hall–Kier alpha value is -3.96. The van der Waals surface area contributed by atoms with E-state index in [4.69, 9.17) is 21.6 Å². The molecule has 4 heterocycles. The quantitative estimate of drug-likeness (QED) is 0.132. The number of allylic oxidation sites excluding steroid dienone is 8. The molecule has 0 radical (unpaired) electrons. The Labute approximate surface area is 291 Å². The van der Waals surface area contributed by atoms with E-state index in [2.05, 4.69) is 39.8 Å². The smallest absolute Gasteiger partial charge is 0.137 e. The van der Waals surface area contributed by atoms with Crippen LogP contribution < -0.4 is 0 Å². The summed E-state index contributed by atoms with van der Waals surface area (Å²) < 4.78 is 35.1. The lowest BCUT2D eigenvalue weighted by Gasteiger charge is -2.24. The van der Waals surface area contributed by atoms with Crippen LogP contribution in [0.2, 0.25) is 0 Å². The van der Waals surface area contributed by atoms with Crippen LogP contribution in [0.4, 0.5) is 8.78 Å². The Kier molecular flexibility index (Phi) is 5.89. The molecule has 238 valence electrons. The molecule has 4 aliphatic carbocycles. The van der Waals surface area contributed by atoms with E-state index in [-0.39, 0.29) is 44.8 Å². The minimum absolute atomic E-state index is 0.0326. The van der Waals surface area contributed by atoms with Gasteiger partial charge < -0.3 is 0 Å². The maximum Gasteiger partial charge on any atom is 0.137 e. The monoisotopic (exact) mass is 706 g/mol. The molecule has 4 aromatic heterocycles. The van der Waals surface area contributed by atoms with Crippen molar-refractivity contribution in [1.29, 1.82) is 21.6 Å². The van der Waals surface area contributed by atoms with Gasteiger partial charge >= 0.3 is 0 Å². The predicted octanol–water partition coefficient (Wildman–Crippen LogP) is 12.2. The van der Waals surface area contributed by atoms with Crippen LogP contribution in [0.5, 0.6) is 0 Å². The second-order valence-electron chi connectivity index (χ2n) is 14.0. The largest absolute Gasteiger partial charge is 0.299 e. The van der Waals surface area contributed by atoms with Crippen LogP contribution in [0.15, 0.2) is 59.2 Å². The highest BCUT2D eigenvalue weighted by Gasteiger charge is 2.45. The van der Waals surface area contributed by atoms with Gasteiger partial charge in [-0.2, -0.15) is 0 Å². The van der Waals surface area contributed by atoms with Crippen molar-refractivity contribution in [2.24, 2.45) is 0 Å². The van der Waals surface area contributed by atoms with Crippen LogP contribution in [0.1, 0.15) is 73.6 Å². The van der Waals surface area contributed by atoms with Crippen LogP contribution in [-0.4, -0.2) is 22.8 Å². The standard InChI is InChI=1S/C38H28F2N4S4/c1-13-7-19(41)31(43)25(29(13)39)21-11-23-35(45-21)27-33(47-23)15-9-18-16(10-17(15)37(27,3)4)34-28(38(18,5)6)36-24(48-34)12-22(46-36)26-30(40)14(2)8-20(42)32(26)44/h7-12,41-44H,1-6H3. The van der Waals surface area contributed by atoms with E-state index in [1.54, 1.807) is 36.5 Å². The van der Waals surface area contributed by atoms with Gasteiger partial charge in [0, 0.05) is 39.7 Å². The first-order chi connectivity index (χ1) is 22.6. The molecule has 5 aromatic rings. The number of rotatable bonds is 2. The van der Waals surface area contributed by atoms with E-state index in [1.807, 2.05) is 12.1 Å². The summed E-state index contributed by atoms with van der Waals surface area (Å²) in [5.41, 5.74) is 8.00. The summed E-state index contributed by atoms with van der Waals surface area (Å²) in [6.07, 6.45) is 2.84. The maximum atomic E-state index is 15.3. The zero-order chi connectivity index (χ0) is 33.9. The van der Waals surface area contributed by atoms with Gasteiger partial charge in [-0.25, -0.2) is 8.78 Å². The molecule has 0 atom stereocenters. The molecule has 0 spiro atoms. The molecule has 9 rings (SSSR count). The predicted molar refractivity (Wildman–Crippen MR) is 203 cm³/mol. The SMILES string of the molecule is CC1=CC(=N)C(=N)C(c2cc3sc4c(c3s2)C(C)(C)c2cc3c(cc2-4)C(C)(C)c2c-3sc3cc(C4=C(F)C(C)=CC(=N)C4=N)sc23)=C1F. The number of hydrogen-bond donors (Lipinski definition) is 4. The van der Waals surface area contributed by atoms with Gasteiger partial charge in [0.05, 0.1) is 43.4 Å². The highest BCUT2D eigenvalue weighted by atomic mass is 32.1. The van der Waals surface area contributed by atoms with Crippen LogP contribution in [0.3, 0.4) is 0 Å². The summed E-state index contributed by atoms with van der Waals surface area (Å²) in [7, 11) is 0.